The van der Waals surface area contributed by atoms with Crippen LogP contribution >= 0.6 is 23.2 Å². The lowest BCUT2D eigenvalue weighted by atomic mass is 10.1. The lowest BCUT2D eigenvalue weighted by Gasteiger charge is -2.20. The van der Waals surface area contributed by atoms with E-state index < -0.39 is 42.4 Å². The second-order valence-electron chi connectivity index (χ2n) is 20.6. The molecule has 0 aliphatic carbocycles. The Bertz CT molecular complexity index is 4010. The van der Waals surface area contributed by atoms with Crippen LogP contribution in [0, 0.1) is 73.0 Å². The number of carbonyl (C=O) groups excluding carboxylic acids is 3. The van der Waals surface area contributed by atoms with Crippen LogP contribution < -0.4 is 21.7 Å². The first-order valence-corrected chi connectivity index (χ1v) is 26.2. The standard InChI is InChI=1S/C29H27ClN8O3.C16H8ClN5O2.C13H21N3O2.CH3F/c1-16-6-25(36-28(40)41-29(3,4)5)35-17(2)22(16)13-34-27(39)23-15-38(37-24(23)11-32)14-18-7-19-9-21(30)12-33-26(19)20(8-18)10-31;17-12-3-10-1-9(2-11(4-18)15(10)20-6-12)7-22-8-13(16(23)24)14(5-19)21-22;1-8-6-11(15-9(2)10(8)7-14)16-12(17)18-13(3,4)5;1-2/h6-9,12,15H,13-14H2,1-5H3,(H,34,39)(H,35,36,40);1-3,6,8H,7H2,(H,23,24);6H,7,14H2,1-5H3,(H,15,16,17);1H3/i;;;1D. The van der Waals surface area contributed by atoms with Crippen LogP contribution in [0.2, 0.25) is 10.0 Å². The number of carboxylic acid groups (broad SMARTS) is 1. The summed E-state index contributed by atoms with van der Waals surface area (Å²) in [5.41, 5.74) is 12.5. The van der Waals surface area contributed by atoms with Gasteiger partial charge in [-0.15, -0.1) is 0 Å². The first kappa shape index (κ1) is 64.1. The van der Waals surface area contributed by atoms with Crippen LogP contribution in [-0.4, -0.2) is 87.0 Å². The fraction of sp³-hybridized carbons (Fsp3) is 0.288. The summed E-state index contributed by atoms with van der Waals surface area (Å²) in [5, 5.41) is 65.0. The number of hydrogen-bond acceptors (Lipinski definition) is 17. The molecule has 2 aromatic carbocycles. The molecule has 8 aromatic rings. The average Bonchev–Trinajstić information content (AvgIpc) is 2.17. The average molecular weight is 1200 g/mol. The minimum Gasteiger partial charge on any atom is -0.478 e. The number of pyridine rings is 4. The number of carboxylic acids is 1. The molecule has 0 atom stereocenters. The number of nitriles is 4. The number of rotatable bonds is 11. The van der Waals surface area contributed by atoms with Crippen LogP contribution in [0.15, 0.2) is 73.3 Å². The zero-order chi connectivity index (χ0) is 63.8. The highest BCUT2D eigenvalue weighted by Gasteiger charge is 2.22. The Hall–Kier alpha value is -10.1. The van der Waals surface area contributed by atoms with Crippen LogP contribution in [0.3, 0.4) is 0 Å². The van der Waals surface area contributed by atoms with E-state index in [-0.39, 0.29) is 42.1 Å². The van der Waals surface area contributed by atoms with Gasteiger partial charge in [-0.3, -0.25) is 39.2 Å². The van der Waals surface area contributed by atoms with Gasteiger partial charge in [0.15, 0.2) is 11.4 Å². The van der Waals surface area contributed by atoms with Gasteiger partial charge in [0, 0.05) is 60.0 Å². The number of ether oxygens (including phenoxy) is 2. The second-order valence-corrected chi connectivity index (χ2v) is 21.5. The van der Waals surface area contributed by atoms with Crippen LogP contribution in [0.4, 0.5) is 25.6 Å². The molecule has 85 heavy (non-hydrogen) atoms. The van der Waals surface area contributed by atoms with Crippen molar-refractivity contribution in [1.82, 2.24) is 44.8 Å². The van der Waals surface area contributed by atoms with Gasteiger partial charge in [0.05, 0.1) is 59.4 Å². The highest BCUT2D eigenvalue weighted by atomic mass is 35.5. The van der Waals surface area contributed by atoms with E-state index in [1.165, 1.54) is 34.2 Å². The quantitative estimate of drug-likeness (QED) is 0.0803. The van der Waals surface area contributed by atoms with Crippen LogP contribution in [0.5, 0.6) is 0 Å². The number of nitrogens with two attached hydrogens (primary N) is 1. The zero-order valence-electron chi connectivity index (χ0n) is 48.9. The van der Waals surface area contributed by atoms with Gasteiger partial charge >= 0.3 is 18.2 Å². The number of benzene rings is 2. The molecule has 0 saturated heterocycles. The van der Waals surface area contributed by atoms with Gasteiger partial charge in [-0.25, -0.2) is 24.4 Å². The summed E-state index contributed by atoms with van der Waals surface area (Å²) in [4.78, 5) is 65.0. The SMILES string of the molecule is Cc1cc(NC(=O)OC(C)(C)C)nc(C)c1CN.Cc1cc(NC(=O)OC(C)(C)C)nc(C)c1CNC(=O)c1cn(Cc2cc(C#N)c3ncc(Cl)cc3c2)nc1C#N.N#Cc1nn(Cc2cc(C#N)c3ncc(Cl)cc3c2)cc1C(=O)O.[2H]CF. The van der Waals surface area contributed by atoms with Crippen molar-refractivity contribution in [2.75, 3.05) is 17.8 Å². The van der Waals surface area contributed by atoms with Crippen molar-refractivity contribution >= 4 is 80.7 Å². The van der Waals surface area contributed by atoms with E-state index >= 15 is 0 Å². The number of hydrogen-bond donors (Lipinski definition) is 5. The van der Waals surface area contributed by atoms with Crippen LogP contribution in [0.1, 0.15) is 131 Å². The summed E-state index contributed by atoms with van der Waals surface area (Å²) in [6.07, 6.45) is 4.61. The summed E-state index contributed by atoms with van der Waals surface area (Å²) >= 11 is 12.0. The van der Waals surface area contributed by atoms with Crippen molar-refractivity contribution in [2.24, 2.45) is 5.73 Å². The number of halogens is 3. The van der Waals surface area contributed by atoms with Gasteiger partial charge in [-0.1, -0.05) is 23.2 Å². The number of anilines is 2. The highest BCUT2D eigenvalue weighted by molar-refractivity contribution is 6.31. The Morgan fingerprint density at radius 2 is 1.08 bits per heavy atom. The molecule has 6 N–H and O–H groups in total. The lowest BCUT2D eigenvalue weighted by Crippen LogP contribution is -2.28. The van der Waals surface area contributed by atoms with Crippen molar-refractivity contribution in [2.45, 2.75) is 107 Å². The van der Waals surface area contributed by atoms with Gasteiger partial charge in [0.25, 0.3) is 5.91 Å². The van der Waals surface area contributed by atoms with Crippen molar-refractivity contribution in [3.05, 3.63) is 162 Å². The lowest BCUT2D eigenvalue weighted by molar-refractivity contribution is 0.0624. The van der Waals surface area contributed by atoms with Crippen molar-refractivity contribution in [3.63, 3.8) is 0 Å². The minimum absolute atomic E-state index is 0.0306. The fourth-order valence-electron chi connectivity index (χ4n) is 8.29. The first-order chi connectivity index (χ1) is 40.5. The van der Waals surface area contributed by atoms with Crippen molar-refractivity contribution < 1.29 is 39.5 Å². The Morgan fingerprint density at radius 3 is 1.45 bits per heavy atom. The van der Waals surface area contributed by atoms with E-state index in [2.05, 4.69) is 58.2 Å². The topological polar surface area (TPSA) is 351 Å². The maximum atomic E-state index is 13.1. The number of aromatic carboxylic acids is 1. The molecule has 23 nitrogen and oxygen atoms in total. The maximum absolute atomic E-state index is 13.1. The third-order valence-electron chi connectivity index (χ3n) is 11.8. The zero-order valence-corrected chi connectivity index (χ0v) is 49.5. The largest absolute Gasteiger partial charge is 0.478 e. The molecule has 8 rings (SSSR count). The number of nitrogens with one attached hydrogen (secondary N) is 3. The first-order valence-electron chi connectivity index (χ1n) is 26.2. The van der Waals surface area contributed by atoms with Gasteiger partial charge in [-0.2, -0.15) is 31.2 Å². The number of amides is 3. The molecular formula is C59H59Cl2FN16O7. The van der Waals surface area contributed by atoms with Crippen molar-refractivity contribution in [3.8, 4) is 24.3 Å². The Balaban J connectivity index is 0.000000253. The van der Waals surface area contributed by atoms with E-state index in [0.29, 0.717) is 72.4 Å². The van der Waals surface area contributed by atoms with Gasteiger partial charge < -0.3 is 25.6 Å². The fourth-order valence-corrected chi connectivity index (χ4v) is 8.62. The normalized spacial score (nSPS) is 10.8. The monoisotopic (exact) mass is 1190 g/mol. The molecule has 3 amide bonds. The third kappa shape index (κ3) is 18.2. The maximum Gasteiger partial charge on any atom is 0.413 e. The second kappa shape index (κ2) is 28.7. The predicted octanol–water partition coefficient (Wildman–Crippen LogP) is 10.8. The van der Waals surface area contributed by atoms with Gasteiger partial charge in [0.1, 0.15) is 52.7 Å². The molecule has 6 aromatic heterocycles. The number of nitrogens with zero attached hydrogens (tertiary/aromatic N) is 12. The molecule has 6 heterocycles. The molecule has 438 valence electrons. The van der Waals surface area contributed by atoms with E-state index in [1.54, 1.807) is 76.2 Å². The summed E-state index contributed by atoms with van der Waals surface area (Å²) < 4.78 is 28.8. The summed E-state index contributed by atoms with van der Waals surface area (Å²) in [6, 6.07) is 21.8. The molecule has 0 spiro atoms. The number of alkyl halides is 1. The van der Waals surface area contributed by atoms with Gasteiger partial charge in [-0.05, 0) is 151 Å². The molecule has 26 heteroatoms. The molecule has 0 bridgehead atoms. The van der Waals surface area contributed by atoms with Crippen LogP contribution in [-0.2, 0) is 35.7 Å². The van der Waals surface area contributed by atoms with E-state index in [4.69, 9.17) is 50.1 Å². The minimum atomic E-state index is -1.22. The molecule has 0 aliphatic rings. The molecule has 0 unspecified atom stereocenters. The Labute approximate surface area is 500 Å². The number of aromatic nitrogens is 8. The Morgan fingerprint density at radius 1 is 0.671 bits per heavy atom. The molecule has 0 saturated carbocycles. The van der Waals surface area contributed by atoms with E-state index in [9.17, 15) is 39.4 Å². The number of fused-ring (bicyclic) bond motifs is 2. The van der Waals surface area contributed by atoms with E-state index in [0.717, 1.165) is 33.5 Å². The summed E-state index contributed by atoms with van der Waals surface area (Å²) in [5.74, 6) is -0.875. The van der Waals surface area contributed by atoms with Crippen molar-refractivity contribution in [1.29, 1.82) is 21.0 Å². The molecule has 0 radical (unpaired) electrons. The Kier molecular flexibility index (Phi) is 21.7. The smallest absolute Gasteiger partial charge is 0.413 e. The number of aryl methyl sites for hydroxylation is 4. The molecule has 0 aliphatic heterocycles. The van der Waals surface area contributed by atoms with Crippen LogP contribution in [0.25, 0.3) is 21.8 Å². The third-order valence-corrected chi connectivity index (χ3v) is 12.2. The number of carbonyl (C=O) groups is 4. The van der Waals surface area contributed by atoms with Gasteiger partial charge in [0.2, 0.25) is 0 Å². The highest BCUT2D eigenvalue weighted by Crippen LogP contribution is 2.26. The summed E-state index contributed by atoms with van der Waals surface area (Å²) in [6.45, 7) is 19.2. The predicted molar refractivity (Wildman–Crippen MR) is 315 cm³/mol. The molecule has 0 fully saturated rings. The van der Waals surface area contributed by atoms with E-state index in [1.807, 2.05) is 53.7 Å². The molecular weight excluding hydrogens is 1130 g/mol. The summed E-state index contributed by atoms with van der Waals surface area (Å²) in [7, 11) is -1.00.